The van der Waals surface area contributed by atoms with Crippen LogP contribution in [0.25, 0.3) is 0 Å². The average Bonchev–Trinajstić information content (AvgIpc) is 2.39. The highest BCUT2D eigenvalue weighted by Gasteiger charge is 2.31. The maximum Gasteiger partial charge on any atom is 0.227 e. The summed E-state index contributed by atoms with van der Waals surface area (Å²) in [4.78, 5) is 25.3. The van der Waals surface area contributed by atoms with Gasteiger partial charge in [0.15, 0.2) is 0 Å². The summed E-state index contributed by atoms with van der Waals surface area (Å²) in [5, 5.41) is 5.82. The van der Waals surface area contributed by atoms with Crippen molar-refractivity contribution in [3.8, 4) is 0 Å². The van der Waals surface area contributed by atoms with Gasteiger partial charge in [0.25, 0.3) is 0 Å². The number of carbonyl (C=O) groups excluding carboxylic acids is 2. The molecule has 0 bridgehead atoms. The van der Waals surface area contributed by atoms with Crippen LogP contribution in [-0.2, 0) is 14.3 Å². The number of hydrogen-bond acceptors (Lipinski definition) is 4. The Morgan fingerprint density at radius 3 is 3.11 bits per heavy atom. The summed E-state index contributed by atoms with van der Waals surface area (Å²) in [6.07, 6.45) is 1.20. The lowest BCUT2D eigenvalue weighted by molar-refractivity contribution is -0.144. The van der Waals surface area contributed by atoms with Gasteiger partial charge in [0.05, 0.1) is 18.6 Å². The minimum Gasteiger partial charge on any atom is -0.373 e. The first-order chi connectivity index (χ1) is 8.70. The van der Waals surface area contributed by atoms with Crippen LogP contribution >= 0.6 is 0 Å². The van der Waals surface area contributed by atoms with Gasteiger partial charge in [-0.1, -0.05) is 0 Å². The highest BCUT2D eigenvalue weighted by Crippen LogP contribution is 2.16. The SMILES string of the molecule is CNCC1CN(C(=O)C2CCC(=O)NC2)CCO1. The Kier molecular flexibility index (Phi) is 4.54. The normalized spacial score (nSPS) is 28.9. The molecule has 2 atom stereocenters. The topological polar surface area (TPSA) is 70.7 Å². The van der Waals surface area contributed by atoms with Gasteiger partial charge in [0.2, 0.25) is 11.8 Å². The van der Waals surface area contributed by atoms with Crippen LogP contribution in [0.3, 0.4) is 0 Å². The zero-order valence-electron chi connectivity index (χ0n) is 10.8. The van der Waals surface area contributed by atoms with Crippen molar-refractivity contribution >= 4 is 11.8 Å². The van der Waals surface area contributed by atoms with E-state index < -0.39 is 0 Å². The summed E-state index contributed by atoms with van der Waals surface area (Å²) in [6, 6.07) is 0. The number of nitrogens with one attached hydrogen (secondary N) is 2. The van der Waals surface area contributed by atoms with E-state index in [1.807, 2.05) is 11.9 Å². The van der Waals surface area contributed by atoms with Crippen molar-refractivity contribution in [3.63, 3.8) is 0 Å². The van der Waals surface area contributed by atoms with E-state index in [1.54, 1.807) is 0 Å². The zero-order chi connectivity index (χ0) is 13.0. The molecule has 6 nitrogen and oxygen atoms in total. The highest BCUT2D eigenvalue weighted by atomic mass is 16.5. The standard InChI is InChI=1S/C12H21N3O3/c1-13-7-10-8-15(4-5-18-10)12(17)9-2-3-11(16)14-6-9/h9-10,13H,2-8H2,1H3,(H,14,16). The van der Waals surface area contributed by atoms with Crippen molar-refractivity contribution in [1.82, 2.24) is 15.5 Å². The second kappa shape index (κ2) is 6.15. The predicted octanol–water partition coefficient (Wildman–Crippen LogP) is -1.04. The molecule has 0 aliphatic carbocycles. The van der Waals surface area contributed by atoms with Gasteiger partial charge < -0.3 is 20.3 Å². The molecule has 0 spiro atoms. The van der Waals surface area contributed by atoms with Crippen LogP contribution in [0, 0.1) is 5.92 Å². The molecule has 2 N–H and O–H groups in total. The van der Waals surface area contributed by atoms with Crippen LogP contribution < -0.4 is 10.6 Å². The van der Waals surface area contributed by atoms with Crippen molar-refractivity contribution in [1.29, 1.82) is 0 Å². The molecule has 2 amide bonds. The Labute approximate surface area is 107 Å². The van der Waals surface area contributed by atoms with Gasteiger partial charge in [0.1, 0.15) is 0 Å². The Bertz CT molecular complexity index is 310. The number of nitrogens with zero attached hydrogens (tertiary/aromatic N) is 1. The van der Waals surface area contributed by atoms with Gasteiger partial charge in [-0.25, -0.2) is 0 Å². The molecule has 2 fully saturated rings. The fourth-order valence-corrected chi connectivity index (χ4v) is 2.47. The molecule has 2 rings (SSSR count). The molecule has 0 aromatic carbocycles. The molecular formula is C12H21N3O3. The van der Waals surface area contributed by atoms with Crippen molar-refractivity contribution in [2.75, 3.05) is 39.8 Å². The molecule has 0 radical (unpaired) electrons. The summed E-state index contributed by atoms with van der Waals surface area (Å²) in [7, 11) is 1.88. The van der Waals surface area contributed by atoms with Crippen LogP contribution in [0.4, 0.5) is 0 Å². The molecule has 2 unspecified atom stereocenters. The first-order valence-corrected chi connectivity index (χ1v) is 6.52. The van der Waals surface area contributed by atoms with Gasteiger partial charge in [-0.2, -0.15) is 0 Å². The maximum absolute atomic E-state index is 12.3. The van der Waals surface area contributed by atoms with Crippen molar-refractivity contribution in [2.24, 2.45) is 5.92 Å². The van der Waals surface area contributed by atoms with Crippen molar-refractivity contribution in [3.05, 3.63) is 0 Å². The molecule has 0 aromatic rings. The smallest absolute Gasteiger partial charge is 0.227 e. The van der Waals surface area contributed by atoms with E-state index in [0.717, 1.165) is 6.54 Å². The fraction of sp³-hybridized carbons (Fsp3) is 0.833. The number of ether oxygens (including phenoxy) is 1. The second-order valence-electron chi connectivity index (χ2n) is 4.87. The quantitative estimate of drug-likeness (QED) is 0.676. The minimum absolute atomic E-state index is 0.0501. The summed E-state index contributed by atoms with van der Waals surface area (Å²) in [5.74, 6) is 0.143. The van der Waals surface area contributed by atoms with Gasteiger partial charge in [-0.15, -0.1) is 0 Å². The van der Waals surface area contributed by atoms with Crippen molar-refractivity contribution < 1.29 is 14.3 Å². The monoisotopic (exact) mass is 255 g/mol. The number of rotatable bonds is 3. The largest absolute Gasteiger partial charge is 0.373 e. The Morgan fingerprint density at radius 1 is 1.61 bits per heavy atom. The molecule has 6 heteroatoms. The van der Waals surface area contributed by atoms with Crippen LogP contribution in [0.2, 0.25) is 0 Å². The summed E-state index contributed by atoms with van der Waals surface area (Å²) in [6.45, 7) is 3.13. The highest BCUT2D eigenvalue weighted by molar-refractivity contribution is 5.83. The van der Waals surface area contributed by atoms with E-state index in [1.165, 1.54) is 0 Å². The molecule has 18 heavy (non-hydrogen) atoms. The molecule has 2 aliphatic rings. The Balaban J connectivity index is 1.86. The molecular weight excluding hydrogens is 234 g/mol. The maximum atomic E-state index is 12.3. The molecule has 2 saturated heterocycles. The number of amides is 2. The third-order valence-corrected chi connectivity index (χ3v) is 3.50. The summed E-state index contributed by atoms with van der Waals surface area (Å²) in [5.41, 5.74) is 0. The lowest BCUT2D eigenvalue weighted by Gasteiger charge is -2.35. The number of likely N-dealkylation sites (N-methyl/N-ethyl adjacent to an activating group) is 1. The van der Waals surface area contributed by atoms with E-state index in [0.29, 0.717) is 39.1 Å². The molecule has 0 aromatic heterocycles. The van der Waals surface area contributed by atoms with Gasteiger partial charge >= 0.3 is 0 Å². The lowest BCUT2D eigenvalue weighted by atomic mass is 9.97. The molecule has 102 valence electrons. The van der Waals surface area contributed by atoms with Crippen LogP contribution in [0.1, 0.15) is 12.8 Å². The first kappa shape index (κ1) is 13.3. The third kappa shape index (κ3) is 3.20. The van der Waals surface area contributed by atoms with E-state index in [-0.39, 0.29) is 23.8 Å². The van der Waals surface area contributed by atoms with Gasteiger partial charge in [-0.3, -0.25) is 9.59 Å². The number of morpholine rings is 1. The summed E-state index contributed by atoms with van der Waals surface area (Å²) >= 11 is 0. The van der Waals surface area contributed by atoms with Crippen LogP contribution in [0.5, 0.6) is 0 Å². The molecule has 2 aliphatic heterocycles. The number of carbonyl (C=O) groups is 2. The minimum atomic E-state index is -0.0592. The predicted molar refractivity (Wildman–Crippen MR) is 66.0 cm³/mol. The summed E-state index contributed by atoms with van der Waals surface area (Å²) < 4.78 is 5.58. The molecule has 2 heterocycles. The van der Waals surface area contributed by atoms with Gasteiger partial charge in [0, 0.05) is 32.6 Å². The average molecular weight is 255 g/mol. The van der Waals surface area contributed by atoms with E-state index >= 15 is 0 Å². The van der Waals surface area contributed by atoms with E-state index in [9.17, 15) is 9.59 Å². The zero-order valence-corrected chi connectivity index (χ0v) is 10.8. The number of hydrogen-bond donors (Lipinski definition) is 2. The number of piperidine rings is 1. The Morgan fingerprint density at radius 2 is 2.44 bits per heavy atom. The first-order valence-electron chi connectivity index (χ1n) is 6.52. The van der Waals surface area contributed by atoms with Crippen LogP contribution in [-0.4, -0.2) is 62.7 Å². The van der Waals surface area contributed by atoms with E-state index in [4.69, 9.17) is 4.74 Å². The fourth-order valence-electron chi connectivity index (χ4n) is 2.47. The van der Waals surface area contributed by atoms with Crippen LogP contribution in [0.15, 0.2) is 0 Å². The second-order valence-corrected chi connectivity index (χ2v) is 4.87. The van der Waals surface area contributed by atoms with E-state index in [2.05, 4.69) is 10.6 Å². The Hall–Kier alpha value is -1.14. The third-order valence-electron chi connectivity index (χ3n) is 3.50. The molecule has 0 saturated carbocycles. The van der Waals surface area contributed by atoms with Gasteiger partial charge in [-0.05, 0) is 13.5 Å². The van der Waals surface area contributed by atoms with Crippen molar-refractivity contribution in [2.45, 2.75) is 18.9 Å². The lowest BCUT2D eigenvalue weighted by Crippen LogP contribution is -2.52.